The zero-order chi connectivity index (χ0) is 14.5. The van der Waals surface area contributed by atoms with E-state index in [2.05, 4.69) is 64.3 Å². The zero-order valence-corrected chi connectivity index (χ0v) is 12.5. The minimum absolute atomic E-state index is 0.958. The van der Waals surface area contributed by atoms with Crippen LogP contribution in [0.15, 0.2) is 54.9 Å². The molecule has 0 atom stereocenters. The summed E-state index contributed by atoms with van der Waals surface area (Å²) >= 11 is 0. The average Bonchev–Trinajstić information content (AvgIpc) is 2.57. The molecule has 0 spiro atoms. The summed E-state index contributed by atoms with van der Waals surface area (Å²) in [7, 11) is 0. The van der Waals surface area contributed by atoms with Gasteiger partial charge in [0, 0.05) is 51.2 Å². The first-order valence-corrected chi connectivity index (χ1v) is 7.64. The molecule has 3 rings (SSSR count). The van der Waals surface area contributed by atoms with Crippen molar-refractivity contribution < 1.29 is 0 Å². The molecule has 0 amide bonds. The van der Waals surface area contributed by atoms with E-state index in [1.165, 1.54) is 16.8 Å². The normalized spacial score (nSPS) is 18.6. The smallest absolute Gasteiger partial charge is 0.0427 e. The predicted molar refractivity (Wildman–Crippen MR) is 88.6 cm³/mol. The molecule has 1 aromatic rings. The second-order valence-electron chi connectivity index (χ2n) is 5.56. The number of hydrogen-bond acceptors (Lipinski definition) is 3. The van der Waals surface area contributed by atoms with Gasteiger partial charge in [-0.05, 0) is 23.3 Å². The van der Waals surface area contributed by atoms with Crippen LogP contribution >= 0.6 is 0 Å². The van der Waals surface area contributed by atoms with Gasteiger partial charge < -0.3 is 15.1 Å². The zero-order valence-electron chi connectivity index (χ0n) is 12.5. The SMILES string of the molecule is C=Cc1ccc(CN2C=CC(N3CCNCC3)=CC2)cc1. The van der Waals surface area contributed by atoms with Gasteiger partial charge in [-0.15, -0.1) is 0 Å². The Labute approximate surface area is 127 Å². The van der Waals surface area contributed by atoms with E-state index >= 15 is 0 Å². The monoisotopic (exact) mass is 281 g/mol. The lowest BCUT2D eigenvalue weighted by Crippen LogP contribution is -2.43. The first-order valence-electron chi connectivity index (χ1n) is 7.64. The van der Waals surface area contributed by atoms with Crippen molar-refractivity contribution in [1.82, 2.24) is 15.1 Å². The van der Waals surface area contributed by atoms with Gasteiger partial charge in [0.15, 0.2) is 0 Å². The summed E-state index contributed by atoms with van der Waals surface area (Å²) in [5.74, 6) is 0. The fourth-order valence-corrected chi connectivity index (χ4v) is 2.79. The van der Waals surface area contributed by atoms with Crippen LogP contribution in [0.5, 0.6) is 0 Å². The van der Waals surface area contributed by atoms with Crippen LogP contribution in [0.3, 0.4) is 0 Å². The highest BCUT2D eigenvalue weighted by atomic mass is 15.2. The Kier molecular flexibility index (Phi) is 4.41. The third-order valence-electron chi connectivity index (χ3n) is 4.07. The summed E-state index contributed by atoms with van der Waals surface area (Å²) < 4.78 is 0. The predicted octanol–water partition coefficient (Wildman–Crippen LogP) is 2.45. The van der Waals surface area contributed by atoms with Crippen LogP contribution in [0.1, 0.15) is 11.1 Å². The molecular formula is C18H23N3. The van der Waals surface area contributed by atoms with E-state index in [0.717, 1.165) is 39.3 Å². The summed E-state index contributed by atoms with van der Waals surface area (Å²) in [6.45, 7) is 10.1. The van der Waals surface area contributed by atoms with Crippen molar-refractivity contribution in [2.75, 3.05) is 32.7 Å². The second-order valence-corrected chi connectivity index (χ2v) is 5.56. The second kappa shape index (κ2) is 6.64. The van der Waals surface area contributed by atoms with Crippen molar-refractivity contribution in [3.63, 3.8) is 0 Å². The van der Waals surface area contributed by atoms with E-state index < -0.39 is 0 Å². The first kappa shape index (κ1) is 14.0. The number of nitrogens with zero attached hydrogens (tertiary/aromatic N) is 2. The van der Waals surface area contributed by atoms with Crippen LogP contribution in [0, 0.1) is 0 Å². The van der Waals surface area contributed by atoms with E-state index in [9.17, 15) is 0 Å². The molecule has 21 heavy (non-hydrogen) atoms. The Morgan fingerprint density at radius 1 is 1.14 bits per heavy atom. The van der Waals surface area contributed by atoms with Gasteiger partial charge in [0.2, 0.25) is 0 Å². The van der Waals surface area contributed by atoms with Crippen LogP contribution in [-0.2, 0) is 6.54 Å². The quantitative estimate of drug-likeness (QED) is 0.914. The van der Waals surface area contributed by atoms with Crippen LogP contribution in [-0.4, -0.2) is 42.5 Å². The maximum atomic E-state index is 3.79. The third-order valence-corrected chi connectivity index (χ3v) is 4.07. The van der Waals surface area contributed by atoms with Gasteiger partial charge in [0.1, 0.15) is 0 Å². The van der Waals surface area contributed by atoms with Gasteiger partial charge in [-0.3, -0.25) is 0 Å². The first-order chi connectivity index (χ1) is 10.3. The number of hydrogen-bond donors (Lipinski definition) is 1. The van der Waals surface area contributed by atoms with Gasteiger partial charge in [-0.2, -0.15) is 0 Å². The Balaban J connectivity index is 1.56. The summed E-state index contributed by atoms with van der Waals surface area (Å²) in [5, 5.41) is 3.39. The molecule has 0 aliphatic carbocycles. The molecule has 3 nitrogen and oxygen atoms in total. The molecule has 1 fully saturated rings. The number of benzene rings is 1. The van der Waals surface area contributed by atoms with Gasteiger partial charge in [-0.1, -0.05) is 36.9 Å². The van der Waals surface area contributed by atoms with E-state index in [-0.39, 0.29) is 0 Å². The molecule has 110 valence electrons. The molecule has 0 unspecified atom stereocenters. The highest BCUT2D eigenvalue weighted by Crippen LogP contribution is 2.15. The molecule has 2 heterocycles. The number of piperazine rings is 1. The molecule has 3 heteroatoms. The Bertz CT molecular complexity index is 536. The molecule has 2 aliphatic heterocycles. The maximum absolute atomic E-state index is 3.79. The van der Waals surface area contributed by atoms with E-state index in [1.54, 1.807) is 0 Å². The van der Waals surface area contributed by atoms with Gasteiger partial charge in [0.05, 0.1) is 0 Å². The molecule has 1 aromatic carbocycles. The van der Waals surface area contributed by atoms with Crippen molar-refractivity contribution in [2.24, 2.45) is 0 Å². The van der Waals surface area contributed by atoms with Gasteiger partial charge in [0.25, 0.3) is 0 Å². The maximum Gasteiger partial charge on any atom is 0.0427 e. The van der Waals surface area contributed by atoms with Gasteiger partial charge in [-0.25, -0.2) is 0 Å². The minimum Gasteiger partial charge on any atom is -0.369 e. The summed E-state index contributed by atoms with van der Waals surface area (Å²) in [5.41, 5.74) is 3.88. The minimum atomic E-state index is 0.958. The Hall–Kier alpha value is -2.00. The standard InChI is InChI=1S/C18H23N3/c1-2-16-3-5-17(6-4-16)15-20-11-7-18(8-12-20)21-13-9-19-10-14-21/h2-8,11,19H,1,9-10,12-15H2. The fraction of sp³-hybridized carbons (Fsp3) is 0.333. The van der Waals surface area contributed by atoms with Crippen LogP contribution < -0.4 is 5.32 Å². The molecule has 1 saturated heterocycles. The number of rotatable bonds is 4. The lowest BCUT2D eigenvalue weighted by Gasteiger charge is -2.33. The fourth-order valence-electron chi connectivity index (χ4n) is 2.79. The molecule has 0 aromatic heterocycles. The van der Waals surface area contributed by atoms with E-state index in [0.29, 0.717) is 0 Å². The highest BCUT2D eigenvalue weighted by Gasteiger charge is 2.13. The Morgan fingerprint density at radius 3 is 2.52 bits per heavy atom. The van der Waals surface area contributed by atoms with E-state index in [1.807, 2.05) is 6.08 Å². The molecule has 0 radical (unpaired) electrons. The summed E-state index contributed by atoms with van der Waals surface area (Å²) in [6, 6.07) is 8.61. The van der Waals surface area contributed by atoms with E-state index in [4.69, 9.17) is 0 Å². The van der Waals surface area contributed by atoms with Gasteiger partial charge >= 0.3 is 0 Å². The summed E-state index contributed by atoms with van der Waals surface area (Å²) in [6.07, 6.45) is 8.68. The molecule has 0 bridgehead atoms. The molecule has 2 aliphatic rings. The van der Waals surface area contributed by atoms with Crippen LogP contribution in [0.4, 0.5) is 0 Å². The van der Waals surface area contributed by atoms with Crippen molar-refractivity contribution in [3.05, 3.63) is 66.0 Å². The van der Waals surface area contributed by atoms with Crippen molar-refractivity contribution in [3.8, 4) is 0 Å². The lowest BCUT2D eigenvalue weighted by atomic mass is 10.1. The number of nitrogens with one attached hydrogen (secondary N) is 1. The molecule has 1 N–H and O–H groups in total. The molecule has 0 saturated carbocycles. The average molecular weight is 281 g/mol. The number of allylic oxidation sites excluding steroid dienone is 1. The van der Waals surface area contributed by atoms with Crippen molar-refractivity contribution in [2.45, 2.75) is 6.54 Å². The summed E-state index contributed by atoms with van der Waals surface area (Å²) in [4.78, 5) is 4.80. The lowest BCUT2D eigenvalue weighted by molar-refractivity contribution is 0.298. The van der Waals surface area contributed by atoms with Crippen LogP contribution in [0.2, 0.25) is 0 Å². The highest BCUT2D eigenvalue weighted by molar-refractivity contribution is 5.47. The Morgan fingerprint density at radius 2 is 1.90 bits per heavy atom. The van der Waals surface area contributed by atoms with Crippen LogP contribution in [0.25, 0.3) is 6.08 Å². The largest absolute Gasteiger partial charge is 0.369 e. The molecular weight excluding hydrogens is 258 g/mol. The topological polar surface area (TPSA) is 18.5 Å². The van der Waals surface area contributed by atoms with Crippen molar-refractivity contribution in [1.29, 1.82) is 0 Å². The third kappa shape index (κ3) is 3.56. The van der Waals surface area contributed by atoms with Crippen molar-refractivity contribution >= 4 is 6.08 Å².